The highest BCUT2D eigenvalue weighted by Gasteiger charge is 2.39. The van der Waals surface area contributed by atoms with Crippen molar-refractivity contribution in [2.24, 2.45) is 5.10 Å². The SMILES string of the molecule is N#Cc1cc(Cl)cc(Oc2c(C(F)(F)F)ncn(CC3=NN(COP(=O)(O)O)C(O)C(c4ccc(F)cc4)=C3)c2=O)c1. The van der Waals surface area contributed by atoms with Crippen LogP contribution in [0.3, 0.4) is 0 Å². The average Bonchev–Trinajstić information content (AvgIpc) is 2.90. The number of halogens is 5. The van der Waals surface area contributed by atoms with Gasteiger partial charge >= 0.3 is 14.0 Å². The molecule has 0 amide bonds. The molecule has 42 heavy (non-hydrogen) atoms. The number of nitrogens with zero attached hydrogens (tertiary/aromatic N) is 5. The number of rotatable bonds is 8. The molecular formula is C24H17ClF4N5O7P. The molecule has 0 spiro atoms. The van der Waals surface area contributed by atoms with Crippen molar-refractivity contribution in [2.75, 3.05) is 6.73 Å². The Hall–Kier alpha value is -4.10. The summed E-state index contributed by atoms with van der Waals surface area (Å²) >= 11 is 5.90. The molecule has 3 aromatic rings. The molecule has 2 aromatic carbocycles. The minimum absolute atomic E-state index is 0.0293. The van der Waals surface area contributed by atoms with Crippen LogP contribution in [0, 0.1) is 17.1 Å². The van der Waals surface area contributed by atoms with E-state index in [-0.39, 0.29) is 33.2 Å². The number of ether oxygens (including phenoxy) is 1. The first-order chi connectivity index (χ1) is 19.6. The monoisotopic (exact) mass is 629 g/mol. The van der Waals surface area contributed by atoms with Crippen molar-refractivity contribution in [3.05, 3.63) is 92.9 Å². The molecule has 220 valence electrons. The summed E-state index contributed by atoms with van der Waals surface area (Å²) in [6.07, 6.45) is -4.97. The van der Waals surface area contributed by atoms with Gasteiger partial charge in [-0.2, -0.15) is 23.5 Å². The van der Waals surface area contributed by atoms with E-state index in [1.54, 1.807) is 6.07 Å². The van der Waals surface area contributed by atoms with Gasteiger partial charge in [0.05, 0.1) is 30.2 Å². The Bertz CT molecular complexity index is 1720. The Balaban J connectivity index is 1.77. The number of aliphatic hydroxyl groups is 1. The minimum Gasteiger partial charge on any atom is -0.449 e. The van der Waals surface area contributed by atoms with Crippen LogP contribution in [0.5, 0.6) is 11.5 Å². The highest BCUT2D eigenvalue weighted by atomic mass is 35.5. The molecule has 18 heteroatoms. The third kappa shape index (κ3) is 7.39. The van der Waals surface area contributed by atoms with E-state index in [0.29, 0.717) is 15.9 Å². The zero-order chi connectivity index (χ0) is 30.8. The fraction of sp³-hybridized carbons (Fsp3) is 0.167. The predicted octanol–water partition coefficient (Wildman–Crippen LogP) is 3.86. The largest absolute Gasteiger partial charge is 0.471 e. The van der Waals surface area contributed by atoms with E-state index in [0.717, 1.165) is 24.3 Å². The third-order valence-corrected chi connectivity index (χ3v) is 6.16. The molecule has 1 atom stereocenters. The van der Waals surface area contributed by atoms with Gasteiger partial charge in [0.2, 0.25) is 5.75 Å². The van der Waals surface area contributed by atoms with Gasteiger partial charge in [0, 0.05) is 10.6 Å². The van der Waals surface area contributed by atoms with Gasteiger partial charge in [-0.25, -0.2) is 18.9 Å². The van der Waals surface area contributed by atoms with Gasteiger partial charge in [-0.1, -0.05) is 23.7 Å². The Kier molecular flexibility index (Phi) is 8.83. The zero-order valence-corrected chi connectivity index (χ0v) is 22.4. The van der Waals surface area contributed by atoms with Gasteiger partial charge in [0.15, 0.2) is 11.9 Å². The molecule has 1 aliphatic heterocycles. The van der Waals surface area contributed by atoms with Crippen LogP contribution in [0.4, 0.5) is 17.6 Å². The number of hydrazone groups is 1. The first kappa shape index (κ1) is 30.8. The molecule has 0 radical (unpaired) electrons. The Morgan fingerprint density at radius 3 is 2.48 bits per heavy atom. The molecule has 0 aliphatic carbocycles. The quantitative estimate of drug-likeness (QED) is 0.246. The van der Waals surface area contributed by atoms with Gasteiger partial charge in [0.1, 0.15) is 18.3 Å². The molecule has 12 nitrogen and oxygen atoms in total. The van der Waals surface area contributed by atoms with Crippen molar-refractivity contribution < 1.29 is 46.3 Å². The average molecular weight is 630 g/mol. The van der Waals surface area contributed by atoms with Crippen LogP contribution in [0.25, 0.3) is 5.57 Å². The molecule has 0 saturated heterocycles. The van der Waals surface area contributed by atoms with Crippen molar-refractivity contribution in [1.29, 1.82) is 5.26 Å². The van der Waals surface area contributed by atoms with E-state index >= 15 is 0 Å². The van der Waals surface area contributed by atoms with Crippen LogP contribution in [0.15, 0.2) is 64.8 Å². The van der Waals surface area contributed by atoms with Gasteiger partial charge < -0.3 is 19.6 Å². The van der Waals surface area contributed by atoms with Crippen LogP contribution in [0.2, 0.25) is 5.02 Å². The summed E-state index contributed by atoms with van der Waals surface area (Å²) in [7, 11) is -5.03. The summed E-state index contributed by atoms with van der Waals surface area (Å²) < 4.78 is 76.3. The second-order valence-electron chi connectivity index (χ2n) is 8.50. The molecule has 0 bridgehead atoms. The Morgan fingerprint density at radius 1 is 1.17 bits per heavy atom. The standard InChI is InChI=1S/C24H17ClF4N5O7P/c25-15-5-13(9-30)6-18(7-15)41-20-21(24(27,28)29)31-11-33(23(20)36)10-17-8-19(14-1-3-16(26)4-2-14)22(35)34(32-17)12-40-42(37,38)39/h1-8,11,22,35H,10,12H2,(H2,37,38,39). The lowest BCUT2D eigenvalue weighted by atomic mass is 10.0. The van der Waals surface area contributed by atoms with Crippen molar-refractivity contribution in [3.8, 4) is 17.6 Å². The number of allylic oxidation sites excluding steroid dienone is 1. The number of alkyl halides is 3. The van der Waals surface area contributed by atoms with Crippen LogP contribution in [-0.2, 0) is 21.8 Å². The molecule has 1 aliphatic rings. The lowest BCUT2D eigenvalue weighted by molar-refractivity contribution is -0.142. The number of hydrogen-bond donors (Lipinski definition) is 3. The predicted molar refractivity (Wildman–Crippen MR) is 137 cm³/mol. The van der Waals surface area contributed by atoms with E-state index in [1.165, 1.54) is 24.3 Å². The smallest absolute Gasteiger partial charge is 0.449 e. The molecule has 2 heterocycles. The van der Waals surface area contributed by atoms with Gasteiger partial charge in [0.25, 0.3) is 5.56 Å². The van der Waals surface area contributed by atoms with Gasteiger partial charge in [-0.15, -0.1) is 0 Å². The van der Waals surface area contributed by atoms with E-state index in [9.17, 15) is 32.0 Å². The Morgan fingerprint density at radius 2 is 1.86 bits per heavy atom. The van der Waals surface area contributed by atoms with E-state index < -0.39 is 56.3 Å². The fourth-order valence-electron chi connectivity index (χ4n) is 3.70. The molecule has 1 unspecified atom stereocenters. The van der Waals surface area contributed by atoms with Crippen LogP contribution in [-0.4, -0.2) is 48.1 Å². The fourth-order valence-corrected chi connectivity index (χ4v) is 4.20. The lowest BCUT2D eigenvalue weighted by Gasteiger charge is -2.31. The molecular weight excluding hydrogens is 613 g/mol. The topological polar surface area (TPSA) is 170 Å². The number of phosphoric acid groups is 1. The number of benzene rings is 2. The maximum atomic E-state index is 13.7. The lowest BCUT2D eigenvalue weighted by Crippen LogP contribution is -2.38. The zero-order valence-electron chi connectivity index (χ0n) is 20.7. The van der Waals surface area contributed by atoms with Crippen LogP contribution in [0.1, 0.15) is 16.8 Å². The molecule has 4 rings (SSSR count). The summed E-state index contributed by atoms with van der Waals surface area (Å²) in [5.74, 6) is -2.19. The van der Waals surface area contributed by atoms with Crippen molar-refractivity contribution in [2.45, 2.75) is 18.9 Å². The summed E-state index contributed by atoms with van der Waals surface area (Å²) in [6.45, 7) is -1.53. The minimum atomic E-state index is -5.12. The van der Waals surface area contributed by atoms with Crippen molar-refractivity contribution in [3.63, 3.8) is 0 Å². The maximum absolute atomic E-state index is 13.7. The van der Waals surface area contributed by atoms with E-state index in [4.69, 9.17) is 31.4 Å². The second kappa shape index (κ2) is 12.0. The van der Waals surface area contributed by atoms with E-state index in [1.807, 2.05) is 0 Å². The molecule has 1 aromatic heterocycles. The van der Waals surface area contributed by atoms with Crippen molar-refractivity contribution >= 4 is 30.7 Å². The van der Waals surface area contributed by atoms with Gasteiger partial charge in [-0.3, -0.25) is 13.9 Å². The molecule has 0 saturated carbocycles. The number of phosphoric ester groups is 1. The number of hydrogen-bond acceptors (Lipinski definition) is 9. The summed E-state index contributed by atoms with van der Waals surface area (Å²) in [6, 6.07) is 9.85. The second-order valence-corrected chi connectivity index (χ2v) is 10.2. The summed E-state index contributed by atoms with van der Waals surface area (Å²) in [5.41, 5.74) is -2.88. The van der Waals surface area contributed by atoms with E-state index in [2.05, 4.69) is 14.6 Å². The summed E-state index contributed by atoms with van der Waals surface area (Å²) in [5, 5.41) is 24.5. The van der Waals surface area contributed by atoms with Crippen LogP contribution < -0.4 is 10.3 Å². The first-order valence-corrected chi connectivity index (χ1v) is 13.3. The first-order valence-electron chi connectivity index (χ1n) is 11.4. The summed E-state index contributed by atoms with van der Waals surface area (Å²) in [4.78, 5) is 34.7. The highest BCUT2D eigenvalue weighted by Crippen LogP contribution is 2.37. The van der Waals surface area contributed by atoms with Gasteiger partial charge in [-0.05, 0) is 42.0 Å². The maximum Gasteiger partial charge on any atom is 0.471 e. The molecule has 0 fully saturated rings. The number of nitriles is 1. The highest BCUT2D eigenvalue weighted by molar-refractivity contribution is 7.46. The number of aromatic nitrogens is 2. The van der Waals surface area contributed by atoms with Crippen LogP contribution >= 0.6 is 19.4 Å². The normalized spacial score (nSPS) is 15.6. The number of aliphatic hydroxyl groups excluding tert-OH is 1. The third-order valence-electron chi connectivity index (χ3n) is 5.49. The Labute approximate surface area is 238 Å². The molecule has 3 N–H and O–H groups in total. The van der Waals surface area contributed by atoms with Crippen molar-refractivity contribution in [1.82, 2.24) is 14.6 Å².